The number of fused-ring (bicyclic) bond motifs is 1. The van der Waals surface area contributed by atoms with Crippen LogP contribution in [0.4, 0.5) is 5.69 Å². The van der Waals surface area contributed by atoms with E-state index in [1.54, 1.807) is 48.5 Å². The Balaban J connectivity index is 2.04. The van der Waals surface area contributed by atoms with E-state index in [0.29, 0.717) is 16.6 Å². The minimum atomic E-state index is -0.660. The quantitative estimate of drug-likeness (QED) is 0.657. The number of aromatic hydroxyl groups is 1. The number of para-hydroxylation sites is 1. The Labute approximate surface area is 133 Å². The maximum Gasteiger partial charge on any atom is 0.265 e. The third-order valence-electron chi connectivity index (χ3n) is 3.22. The maximum atomic E-state index is 12.3. The molecule has 5 nitrogen and oxygen atoms in total. The second-order valence-corrected chi connectivity index (χ2v) is 5.60. The molecule has 0 aliphatic heterocycles. The van der Waals surface area contributed by atoms with Gasteiger partial charge in [0.15, 0.2) is 0 Å². The zero-order chi connectivity index (χ0) is 15.7. The fourth-order valence-corrected chi connectivity index (χ4v) is 2.43. The van der Waals surface area contributed by atoms with Gasteiger partial charge in [-0.25, -0.2) is 0 Å². The standard InChI is InChI=1S/C16H11BrN2O3/c17-9-5-7-10(8-6-9)18-15(21)13-14(20)11-3-1-2-4-12(11)19-16(13)22/h1-8H,(H,18,21)(H2,19,20,22). The normalized spacial score (nSPS) is 10.6. The van der Waals surface area contributed by atoms with Crippen molar-refractivity contribution in [1.29, 1.82) is 0 Å². The molecule has 110 valence electrons. The van der Waals surface area contributed by atoms with E-state index in [9.17, 15) is 14.7 Å². The fraction of sp³-hybridized carbons (Fsp3) is 0. The monoisotopic (exact) mass is 358 g/mol. The number of aromatic amines is 1. The van der Waals surface area contributed by atoms with Gasteiger partial charge >= 0.3 is 0 Å². The minimum absolute atomic E-state index is 0.304. The summed E-state index contributed by atoms with van der Waals surface area (Å²) in [6.07, 6.45) is 0. The van der Waals surface area contributed by atoms with Crippen LogP contribution >= 0.6 is 15.9 Å². The van der Waals surface area contributed by atoms with Crippen LogP contribution in [0.5, 0.6) is 5.75 Å². The number of benzene rings is 2. The van der Waals surface area contributed by atoms with Gasteiger partial charge in [0.1, 0.15) is 11.3 Å². The molecule has 0 radical (unpaired) electrons. The molecule has 0 saturated carbocycles. The Hall–Kier alpha value is -2.60. The van der Waals surface area contributed by atoms with Gasteiger partial charge in [-0.1, -0.05) is 28.1 Å². The molecule has 3 N–H and O–H groups in total. The van der Waals surface area contributed by atoms with Crippen molar-refractivity contribution in [2.75, 3.05) is 5.32 Å². The number of anilines is 1. The summed E-state index contributed by atoms with van der Waals surface area (Å²) in [5, 5.41) is 13.2. The van der Waals surface area contributed by atoms with Gasteiger partial charge in [-0.2, -0.15) is 0 Å². The van der Waals surface area contributed by atoms with Gasteiger partial charge < -0.3 is 15.4 Å². The molecule has 2 aromatic carbocycles. The Kier molecular flexibility index (Phi) is 3.68. The van der Waals surface area contributed by atoms with Gasteiger partial charge in [0.05, 0.1) is 5.52 Å². The van der Waals surface area contributed by atoms with Crippen LogP contribution < -0.4 is 10.9 Å². The highest BCUT2D eigenvalue weighted by Gasteiger charge is 2.19. The van der Waals surface area contributed by atoms with E-state index in [2.05, 4.69) is 26.2 Å². The van der Waals surface area contributed by atoms with Crippen LogP contribution in [0.2, 0.25) is 0 Å². The second kappa shape index (κ2) is 5.65. The van der Waals surface area contributed by atoms with Crippen molar-refractivity contribution < 1.29 is 9.90 Å². The van der Waals surface area contributed by atoms with E-state index >= 15 is 0 Å². The predicted octanol–water partition coefficient (Wildman–Crippen LogP) is 3.25. The lowest BCUT2D eigenvalue weighted by Gasteiger charge is -2.08. The van der Waals surface area contributed by atoms with Gasteiger partial charge in [-0.15, -0.1) is 0 Å². The van der Waals surface area contributed by atoms with Crippen LogP contribution in [-0.2, 0) is 0 Å². The molecule has 0 spiro atoms. The first kappa shape index (κ1) is 14.3. The number of carbonyl (C=O) groups excluding carboxylic acids is 1. The lowest BCUT2D eigenvalue weighted by atomic mass is 10.1. The number of amides is 1. The number of carbonyl (C=O) groups is 1. The average Bonchev–Trinajstić information content (AvgIpc) is 2.49. The summed E-state index contributed by atoms with van der Waals surface area (Å²) in [5.41, 5.74) is 0.0674. The van der Waals surface area contributed by atoms with Crippen molar-refractivity contribution in [3.8, 4) is 5.75 Å². The number of hydrogen-bond donors (Lipinski definition) is 3. The first-order chi connectivity index (χ1) is 10.6. The number of rotatable bonds is 2. The zero-order valence-electron chi connectivity index (χ0n) is 11.3. The molecule has 3 aromatic rings. The van der Waals surface area contributed by atoms with Crippen molar-refractivity contribution in [3.05, 3.63) is 68.9 Å². The van der Waals surface area contributed by atoms with Gasteiger partial charge in [-0.3, -0.25) is 9.59 Å². The Morgan fingerprint density at radius 1 is 1.09 bits per heavy atom. The summed E-state index contributed by atoms with van der Waals surface area (Å²) >= 11 is 3.30. The number of aromatic nitrogens is 1. The molecule has 22 heavy (non-hydrogen) atoms. The molecule has 0 atom stereocenters. The zero-order valence-corrected chi connectivity index (χ0v) is 12.8. The van der Waals surface area contributed by atoms with Crippen LogP contribution in [0.25, 0.3) is 10.9 Å². The third-order valence-corrected chi connectivity index (χ3v) is 3.75. The first-order valence-corrected chi connectivity index (χ1v) is 7.26. The van der Waals surface area contributed by atoms with Gasteiger partial charge in [0.25, 0.3) is 11.5 Å². The minimum Gasteiger partial charge on any atom is -0.506 e. The molecule has 6 heteroatoms. The Morgan fingerprint density at radius 2 is 1.77 bits per heavy atom. The SMILES string of the molecule is O=C(Nc1ccc(Br)cc1)c1c(O)c2ccccc2[nH]c1=O. The van der Waals surface area contributed by atoms with Crippen molar-refractivity contribution >= 4 is 38.4 Å². The summed E-state index contributed by atoms with van der Waals surface area (Å²) in [6.45, 7) is 0. The van der Waals surface area contributed by atoms with Crippen molar-refractivity contribution in [2.24, 2.45) is 0 Å². The molecular weight excluding hydrogens is 348 g/mol. The summed E-state index contributed by atoms with van der Waals surface area (Å²) in [5.74, 6) is -0.985. The molecule has 0 unspecified atom stereocenters. The maximum absolute atomic E-state index is 12.3. The predicted molar refractivity (Wildman–Crippen MR) is 88.3 cm³/mol. The third kappa shape index (κ3) is 2.60. The molecule has 1 aromatic heterocycles. The number of pyridine rings is 1. The molecule has 3 rings (SSSR count). The van der Waals surface area contributed by atoms with E-state index in [0.717, 1.165) is 4.47 Å². The Bertz CT molecular complexity index is 917. The number of hydrogen-bond acceptors (Lipinski definition) is 3. The molecule has 0 fully saturated rings. The van der Waals surface area contributed by atoms with Gasteiger partial charge in [0, 0.05) is 15.5 Å². The van der Waals surface area contributed by atoms with E-state index in [4.69, 9.17) is 0 Å². The highest BCUT2D eigenvalue weighted by atomic mass is 79.9. The van der Waals surface area contributed by atoms with Crippen molar-refractivity contribution in [3.63, 3.8) is 0 Å². The van der Waals surface area contributed by atoms with Gasteiger partial charge in [0.2, 0.25) is 0 Å². The summed E-state index contributed by atoms with van der Waals surface area (Å²) in [7, 11) is 0. The smallest absolute Gasteiger partial charge is 0.265 e. The molecule has 1 heterocycles. The summed E-state index contributed by atoms with van der Waals surface area (Å²) in [4.78, 5) is 26.9. The van der Waals surface area contributed by atoms with E-state index in [1.165, 1.54) is 0 Å². The van der Waals surface area contributed by atoms with Crippen LogP contribution in [0.15, 0.2) is 57.8 Å². The number of nitrogens with one attached hydrogen (secondary N) is 2. The summed E-state index contributed by atoms with van der Waals surface area (Å²) < 4.78 is 0.872. The lowest BCUT2D eigenvalue weighted by Crippen LogP contribution is -2.23. The fourth-order valence-electron chi connectivity index (χ4n) is 2.16. The molecule has 0 bridgehead atoms. The van der Waals surface area contributed by atoms with Crippen molar-refractivity contribution in [1.82, 2.24) is 4.98 Å². The van der Waals surface area contributed by atoms with Crippen LogP contribution in [0.3, 0.4) is 0 Å². The van der Waals surface area contributed by atoms with E-state index in [1.807, 2.05) is 0 Å². The van der Waals surface area contributed by atoms with Crippen LogP contribution in [0, 0.1) is 0 Å². The number of H-pyrrole nitrogens is 1. The van der Waals surface area contributed by atoms with Gasteiger partial charge in [-0.05, 0) is 36.4 Å². The molecule has 0 aliphatic rings. The molecular formula is C16H11BrN2O3. The highest BCUT2D eigenvalue weighted by molar-refractivity contribution is 9.10. The van der Waals surface area contributed by atoms with E-state index < -0.39 is 11.5 Å². The first-order valence-electron chi connectivity index (χ1n) is 6.47. The topological polar surface area (TPSA) is 82.2 Å². The largest absolute Gasteiger partial charge is 0.506 e. The number of halogens is 1. The van der Waals surface area contributed by atoms with Crippen molar-refractivity contribution in [2.45, 2.75) is 0 Å². The lowest BCUT2D eigenvalue weighted by molar-refractivity contribution is 0.102. The molecule has 0 saturated heterocycles. The molecule has 0 aliphatic carbocycles. The summed E-state index contributed by atoms with van der Waals surface area (Å²) in [6, 6.07) is 13.7. The van der Waals surface area contributed by atoms with Crippen LogP contribution in [0.1, 0.15) is 10.4 Å². The second-order valence-electron chi connectivity index (χ2n) is 4.68. The highest BCUT2D eigenvalue weighted by Crippen LogP contribution is 2.25. The van der Waals surface area contributed by atoms with Crippen LogP contribution in [-0.4, -0.2) is 16.0 Å². The Morgan fingerprint density at radius 3 is 2.50 bits per heavy atom. The molecule has 1 amide bonds. The average molecular weight is 359 g/mol. The van der Waals surface area contributed by atoms with E-state index in [-0.39, 0.29) is 11.3 Å².